The molecule has 1 fully saturated rings. The summed E-state index contributed by atoms with van der Waals surface area (Å²) in [6.45, 7) is 10.5. The number of anilines is 1. The molecular formula is C21H32N4OS. The molecule has 27 heavy (non-hydrogen) atoms. The molecule has 2 aromatic rings. The van der Waals surface area contributed by atoms with Crippen molar-refractivity contribution in [3.63, 3.8) is 0 Å². The molecule has 1 aromatic carbocycles. The van der Waals surface area contributed by atoms with Crippen molar-refractivity contribution < 1.29 is 4.79 Å². The number of unbranched alkanes of at least 4 members (excludes halogenated alkanes) is 1. The van der Waals surface area contributed by atoms with Crippen LogP contribution in [0, 0.1) is 5.92 Å². The van der Waals surface area contributed by atoms with Crippen LogP contribution < -0.4 is 4.90 Å². The van der Waals surface area contributed by atoms with E-state index in [0.717, 1.165) is 57.9 Å². The molecule has 0 spiro atoms. The summed E-state index contributed by atoms with van der Waals surface area (Å²) >= 11 is 1.60. The molecule has 6 heteroatoms. The van der Waals surface area contributed by atoms with Crippen LogP contribution in [-0.2, 0) is 4.79 Å². The second-order valence-corrected chi connectivity index (χ2v) is 8.76. The number of carbonyl (C=O) groups is 1. The maximum absolute atomic E-state index is 12.0. The van der Waals surface area contributed by atoms with Crippen LogP contribution in [0.4, 0.5) is 5.82 Å². The highest BCUT2D eigenvalue weighted by molar-refractivity contribution is 7.13. The summed E-state index contributed by atoms with van der Waals surface area (Å²) in [6, 6.07) is 8.50. The SMILES string of the molecule is CC(C)CC(=O)N(C)CCCCN1CCN(c2nsc3ccccc23)CC1. The van der Waals surface area contributed by atoms with Crippen molar-refractivity contribution in [2.24, 2.45) is 5.92 Å². The van der Waals surface area contributed by atoms with E-state index in [-0.39, 0.29) is 5.91 Å². The monoisotopic (exact) mass is 388 g/mol. The Morgan fingerprint density at radius 2 is 1.93 bits per heavy atom. The van der Waals surface area contributed by atoms with Gasteiger partial charge < -0.3 is 9.80 Å². The van der Waals surface area contributed by atoms with Crippen LogP contribution in [0.25, 0.3) is 10.1 Å². The number of hydrogen-bond acceptors (Lipinski definition) is 5. The maximum atomic E-state index is 12.0. The lowest BCUT2D eigenvalue weighted by Gasteiger charge is -2.35. The lowest BCUT2D eigenvalue weighted by Crippen LogP contribution is -2.46. The number of amides is 1. The zero-order valence-electron chi connectivity index (χ0n) is 16.9. The molecule has 2 heterocycles. The number of nitrogens with zero attached hydrogens (tertiary/aromatic N) is 4. The van der Waals surface area contributed by atoms with Crippen LogP contribution in [0.3, 0.4) is 0 Å². The molecule has 0 saturated carbocycles. The second kappa shape index (κ2) is 9.51. The number of hydrogen-bond donors (Lipinski definition) is 0. The Hall–Kier alpha value is -1.66. The minimum atomic E-state index is 0.272. The number of fused-ring (bicyclic) bond motifs is 1. The van der Waals surface area contributed by atoms with Crippen LogP contribution in [-0.4, -0.2) is 66.4 Å². The van der Waals surface area contributed by atoms with Crippen molar-refractivity contribution in [3.05, 3.63) is 24.3 Å². The largest absolute Gasteiger partial charge is 0.353 e. The first-order chi connectivity index (χ1) is 13.0. The molecule has 1 amide bonds. The Morgan fingerprint density at radius 3 is 2.67 bits per heavy atom. The van der Waals surface area contributed by atoms with Gasteiger partial charge >= 0.3 is 0 Å². The van der Waals surface area contributed by atoms with E-state index in [0.29, 0.717) is 12.3 Å². The van der Waals surface area contributed by atoms with Crippen molar-refractivity contribution in [2.45, 2.75) is 33.1 Å². The van der Waals surface area contributed by atoms with Gasteiger partial charge in [0.2, 0.25) is 5.91 Å². The molecule has 148 valence electrons. The van der Waals surface area contributed by atoms with Gasteiger partial charge in [0, 0.05) is 51.6 Å². The molecule has 1 aromatic heterocycles. The van der Waals surface area contributed by atoms with Gasteiger partial charge in [-0.25, -0.2) is 0 Å². The van der Waals surface area contributed by atoms with Gasteiger partial charge in [-0.3, -0.25) is 9.69 Å². The summed E-state index contributed by atoms with van der Waals surface area (Å²) < 4.78 is 5.96. The van der Waals surface area contributed by atoms with Crippen molar-refractivity contribution in [1.82, 2.24) is 14.2 Å². The van der Waals surface area contributed by atoms with E-state index < -0.39 is 0 Å². The zero-order valence-corrected chi connectivity index (χ0v) is 17.7. The Balaban J connectivity index is 1.37. The minimum Gasteiger partial charge on any atom is -0.353 e. The highest BCUT2D eigenvalue weighted by atomic mass is 32.1. The fourth-order valence-electron chi connectivity index (χ4n) is 3.60. The summed E-state index contributed by atoms with van der Waals surface area (Å²) in [4.78, 5) is 18.9. The second-order valence-electron chi connectivity index (χ2n) is 7.95. The summed E-state index contributed by atoms with van der Waals surface area (Å²) in [5.74, 6) is 1.86. The first-order valence-electron chi connectivity index (χ1n) is 10.1. The van der Waals surface area contributed by atoms with Crippen molar-refractivity contribution in [3.8, 4) is 0 Å². The van der Waals surface area contributed by atoms with E-state index in [1.165, 1.54) is 10.1 Å². The van der Waals surface area contributed by atoms with Gasteiger partial charge in [-0.15, -0.1) is 0 Å². The smallest absolute Gasteiger partial charge is 0.222 e. The average molecular weight is 389 g/mol. The predicted octanol–water partition coefficient (Wildman–Crippen LogP) is 3.70. The van der Waals surface area contributed by atoms with Gasteiger partial charge in [-0.2, -0.15) is 4.37 Å². The standard InChI is InChI=1S/C21H32N4OS/c1-17(2)16-20(26)23(3)10-6-7-11-24-12-14-25(15-13-24)21-18-8-4-5-9-19(18)27-22-21/h4-5,8-9,17H,6-7,10-16H2,1-3H3. The molecule has 0 unspecified atom stereocenters. The topological polar surface area (TPSA) is 39.7 Å². The van der Waals surface area contributed by atoms with E-state index in [2.05, 4.69) is 52.3 Å². The molecule has 1 aliphatic rings. The van der Waals surface area contributed by atoms with Gasteiger partial charge in [-0.1, -0.05) is 26.0 Å². The molecule has 1 aliphatic heterocycles. The number of piperazine rings is 1. The third-order valence-corrected chi connectivity index (χ3v) is 6.07. The lowest BCUT2D eigenvalue weighted by molar-refractivity contribution is -0.130. The van der Waals surface area contributed by atoms with E-state index in [1.54, 1.807) is 11.5 Å². The molecule has 0 radical (unpaired) electrons. The van der Waals surface area contributed by atoms with E-state index >= 15 is 0 Å². The summed E-state index contributed by atoms with van der Waals surface area (Å²) in [5.41, 5.74) is 0. The molecular weight excluding hydrogens is 356 g/mol. The zero-order chi connectivity index (χ0) is 19.2. The van der Waals surface area contributed by atoms with E-state index in [1.807, 2.05) is 11.9 Å². The molecule has 0 N–H and O–H groups in total. The normalized spacial score (nSPS) is 15.6. The number of aromatic nitrogens is 1. The Kier molecular flexibility index (Phi) is 7.07. The first-order valence-corrected chi connectivity index (χ1v) is 10.9. The number of benzene rings is 1. The van der Waals surface area contributed by atoms with Gasteiger partial charge in [0.15, 0.2) is 0 Å². The molecule has 0 atom stereocenters. The van der Waals surface area contributed by atoms with Gasteiger partial charge in [0.05, 0.1) is 4.70 Å². The quantitative estimate of drug-likeness (QED) is 0.647. The number of carbonyl (C=O) groups excluding carboxylic acids is 1. The Bertz CT molecular complexity index is 737. The molecule has 5 nitrogen and oxygen atoms in total. The Labute approximate surface area is 167 Å². The van der Waals surface area contributed by atoms with Gasteiger partial charge in [0.1, 0.15) is 5.82 Å². The molecule has 0 bridgehead atoms. The summed E-state index contributed by atoms with van der Waals surface area (Å²) in [6.07, 6.45) is 2.89. The van der Waals surface area contributed by atoms with E-state index in [9.17, 15) is 4.79 Å². The van der Waals surface area contributed by atoms with Crippen LogP contribution in [0.1, 0.15) is 33.1 Å². The lowest BCUT2D eigenvalue weighted by atomic mass is 10.1. The fourth-order valence-corrected chi connectivity index (χ4v) is 4.39. The van der Waals surface area contributed by atoms with E-state index in [4.69, 9.17) is 0 Å². The average Bonchev–Trinajstić information content (AvgIpc) is 3.09. The Morgan fingerprint density at radius 1 is 1.19 bits per heavy atom. The summed E-state index contributed by atoms with van der Waals surface area (Å²) in [5, 5.41) is 1.28. The number of rotatable bonds is 8. The van der Waals surface area contributed by atoms with Gasteiger partial charge in [0.25, 0.3) is 0 Å². The van der Waals surface area contributed by atoms with Crippen molar-refractivity contribution in [1.29, 1.82) is 0 Å². The first kappa shape index (κ1) is 20.1. The maximum Gasteiger partial charge on any atom is 0.222 e. The van der Waals surface area contributed by atoms with Crippen LogP contribution in [0.2, 0.25) is 0 Å². The van der Waals surface area contributed by atoms with Crippen molar-refractivity contribution >= 4 is 33.3 Å². The molecule has 3 rings (SSSR count). The highest BCUT2D eigenvalue weighted by Gasteiger charge is 2.20. The fraction of sp³-hybridized carbons (Fsp3) is 0.619. The van der Waals surface area contributed by atoms with Crippen LogP contribution in [0.5, 0.6) is 0 Å². The third kappa shape index (κ3) is 5.42. The molecule has 0 aliphatic carbocycles. The molecule has 1 saturated heterocycles. The highest BCUT2D eigenvalue weighted by Crippen LogP contribution is 2.29. The van der Waals surface area contributed by atoms with Crippen molar-refractivity contribution in [2.75, 3.05) is 51.2 Å². The third-order valence-electron chi connectivity index (χ3n) is 5.26. The van der Waals surface area contributed by atoms with Crippen LogP contribution >= 0.6 is 11.5 Å². The van der Waals surface area contributed by atoms with Crippen LogP contribution in [0.15, 0.2) is 24.3 Å². The van der Waals surface area contributed by atoms with Gasteiger partial charge in [-0.05, 0) is 49.0 Å². The summed E-state index contributed by atoms with van der Waals surface area (Å²) in [7, 11) is 1.93. The minimum absolute atomic E-state index is 0.272. The predicted molar refractivity (Wildman–Crippen MR) is 115 cm³/mol.